The van der Waals surface area contributed by atoms with E-state index in [1.807, 2.05) is 0 Å². The largest absolute Gasteiger partial charge is 0.418 e. The van der Waals surface area contributed by atoms with Crippen molar-refractivity contribution < 1.29 is 4.42 Å². The summed E-state index contributed by atoms with van der Waals surface area (Å²) < 4.78 is 8.36. The van der Waals surface area contributed by atoms with Gasteiger partial charge in [-0.05, 0) is 30.5 Å². The van der Waals surface area contributed by atoms with Gasteiger partial charge in [-0.25, -0.2) is 0 Å². The molecule has 0 amide bonds. The Morgan fingerprint density at radius 2 is 2.21 bits per heavy atom. The Morgan fingerprint density at radius 1 is 1.32 bits per heavy atom. The van der Waals surface area contributed by atoms with E-state index in [1.165, 1.54) is 9.40 Å². The van der Waals surface area contributed by atoms with E-state index in [4.69, 9.17) is 4.42 Å². The molecule has 4 nitrogen and oxygen atoms in total. The quantitative estimate of drug-likeness (QED) is 0.770. The van der Waals surface area contributed by atoms with Crippen LogP contribution in [0.2, 0.25) is 0 Å². The van der Waals surface area contributed by atoms with Gasteiger partial charge in [-0.2, -0.15) is 0 Å². The van der Waals surface area contributed by atoms with Crippen LogP contribution in [0, 0.1) is 0 Å². The number of rotatable bonds is 5. The van der Waals surface area contributed by atoms with Crippen LogP contribution in [0.4, 0.5) is 0 Å². The predicted molar refractivity (Wildman–Crippen MR) is 79.7 cm³/mol. The molecule has 6 heteroatoms. The zero-order chi connectivity index (χ0) is 13.2. The van der Waals surface area contributed by atoms with Crippen molar-refractivity contribution in [1.29, 1.82) is 0 Å². The number of aromatic nitrogens is 2. The Morgan fingerprint density at radius 3 is 2.95 bits per heavy atom. The third kappa shape index (κ3) is 2.43. The van der Waals surface area contributed by atoms with Crippen molar-refractivity contribution >= 4 is 32.1 Å². The van der Waals surface area contributed by atoms with Crippen molar-refractivity contribution in [2.75, 3.05) is 6.54 Å². The first-order valence-electron chi connectivity index (χ1n) is 6.36. The summed E-state index contributed by atoms with van der Waals surface area (Å²) in [5.41, 5.74) is 0. The Balaban J connectivity index is 1.89. The maximum absolute atomic E-state index is 5.80. The second-order valence-electron chi connectivity index (χ2n) is 4.22. The average molecular weight is 293 g/mol. The van der Waals surface area contributed by atoms with E-state index in [0.717, 1.165) is 17.8 Å². The second kappa shape index (κ2) is 5.40. The minimum atomic E-state index is 0.146. The fourth-order valence-electron chi connectivity index (χ4n) is 2.00. The molecule has 0 aliphatic rings. The number of hydrogen-bond donors (Lipinski definition) is 1. The number of fused-ring (bicyclic) bond motifs is 1. The van der Waals surface area contributed by atoms with E-state index in [1.54, 1.807) is 22.7 Å². The van der Waals surface area contributed by atoms with Crippen LogP contribution in [0.3, 0.4) is 0 Å². The molecule has 0 aliphatic carbocycles. The molecule has 1 atom stereocenters. The molecule has 0 saturated heterocycles. The van der Waals surface area contributed by atoms with E-state index < -0.39 is 0 Å². The summed E-state index contributed by atoms with van der Waals surface area (Å²) >= 11 is 3.43. The molecule has 3 aromatic heterocycles. The van der Waals surface area contributed by atoms with Crippen molar-refractivity contribution in [1.82, 2.24) is 15.5 Å². The lowest BCUT2D eigenvalue weighted by Gasteiger charge is -2.09. The minimum Gasteiger partial charge on any atom is -0.418 e. The van der Waals surface area contributed by atoms with Gasteiger partial charge in [-0.3, -0.25) is 0 Å². The maximum atomic E-state index is 5.80. The van der Waals surface area contributed by atoms with E-state index in [2.05, 4.69) is 46.9 Å². The smallest absolute Gasteiger partial charge is 0.257 e. The molecule has 0 bridgehead atoms. The van der Waals surface area contributed by atoms with Gasteiger partial charge in [0.05, 0.1) is 10.9 Å². The number of nitrogens with zero attached hydrogens (tertiary/aromatic N) is 2. The summed E-state index contributed by atoms with van der Waals surface area (Å²) in [7, 11) is 0. The predicted octanol–water partition coefficient (Wildman–Crippen LogP) is 4.07. The summed E-state index contributed by atoms with van der Waals surface area (Å²) in [6, 6.07) is 4.39. The van der Waals surface area contributed by atoms with Crippen LogP contribution < -0.4 is 5.32 Å². The van der Waals surface area contributed by atoms with E-state index in [9.17, 15) is 0 Å². The number of hydrogen-bond acceptors (Lipinski definition) is 6. The van der Waals surface area contributed by atoms with Gasteiger partial charge in [0.1, 0.15) is 0 Å². The lowest BCUT2D eigenvalue weighted by atomic mass is 10.2. The number of nitrogens with one attached hydrogen (secondary N) is 1. The first-order valence-corrected chi connectivity index (χ1v) is 8.05. The molecule has 0 saturated carbocycles. The van der Waals surface area contributed by atoms with E-state index >= 15 is 0 Å². The van der Waals surface area contributed by atoms with Crippen LogP contribution in [-0.4, -0.2) is 16.7 Å². The van der Waals surface area contributed by atoms with Gasteiger partial charge in [0, 0.05) is 9.40 Å². The average Bonchev–Trinajstić information content (AvgIpc) is 3.08. The molecule has 100 valence electrons. The molecular formula is C13H15N3OS2. The van der Waals surface area contributed by atoms with Crippen molar-refractivity contribution in [2.45, 2.75) is 26.3 Å². The van der Waals surface area contributed by atoms with Crippen LogP contribution in [-0.2, 0) is 0 Å². The van der Waals surface area contributed by atoms with E-state index in [-0.39, 0.29) is 6.04 Å². The Hall–Kier alpha value is -1.24. The molecule has 0 spiro atoms. The summed E-state index contributed by atoms with van der Waals surface area (Å²) in [6.45, 7) is 5.08. The van der Waals surface area contributed by atoms with Gasteiger partial charge in [-0.15, -0.1) is 32.9 Å². The molecule has 0 aliphatic heterocycles. The van der Waals surface area contributed by atoms with Gasteiger partial charge in [0.2, 0.25) is 5.89 Å². The lowest BCUT2D eigenvalue weighted by Crippen LogP contribution is -2.20. The van der Waals surface area contributed by atoms with Crippen molar-refractivity contribution in [3.63, 3.8) is 0 Å². The van der Waals surface area contributed by atoms with Crippen LogP contribution in [0.15, 0.2) is 21.9 Å². The summed E-state index contributed by atoms with van der Waals surface area (Å²) in [4.78, 5) is 1.05. The maximum Gasteiger partial charge on any atom is 0.257 e. The van der Waals surface area contributed by atoms with Gasteiger partial charge in [0.15, 0.2) is 0 Å². The summed E-state index contributed by atoms with van der Waals surface area (Å²) in [6.07, 6.45) is 0.939. The SMILES string of the molecule is CCNC(CC)c1nnc(-c2cc3sccc3s2)o1. The molecule has 3 rings (SSSR count). The second-order valence-corrected chi connectivity index (χ2v) is 6.26. The molecule has 0 fully saturated rings. The highest BCUT2D eigenvalue weighted by atomic mass is 32.1. The van der Waals surface area contributed by atoms with Gasteiger partial charge < -0.3 is 9.73 Å². The molecule has 19 heavy (non-hydrogen) atoms. The summed E-state index contributed by atoms with van der Waals surface area (Å²) in [5, 5.41) is 13.8. The highest BCUT2D eigenvalue weighted by Gasteiger charge is 2.18. The van der Waals surface area contributed by atoms with Crippen LogP contribution >= 0.6 is 22.7 Å². The van der Waals surface area contributed by atoms with Gasteiger partial charge >= 0.3 is 0 Å². The fourth-order valence-corrected chi connectivity index (χ4v) is 4.03. The zero-order valence-corrected chi connectivity index (χ0v) is 12.5. The number of thiophene rings is 2. The van der Waals surface area contributed by atoms with Crippen molar-refractivity contribution in [3.05, 3.63) is 23.4 Å². The summed E-state index contributed by atoms with van der Waals surface area (Å²) in [5.74, 6) is 1.30. The Kier molecular flexibility index (Phi) is 3.63. The third-order valence-corrected chi connectivity index (χ3v) is 5.03. The third-order valence-electron chi connectivity index (χ3n) is 2.95. The Bertz CT molecular complexity index is 642. The monoisotopic (exact) mass is 293 g/mol. The fraction of sp³-hybridized carbons (Fsp3) is 0.385. The van der Waals surface area contributed by atoms with Crippen LogP contribution in [0.1, 0.15) is 32.2 Å². The minimum absolute atomic E-state index is 0.146. The molecule has 0 aromatic carbocycles. The lowest BCUT2D eigenvalue weighted by molar-refractivity contribution is 0.402. The van der Waals surface area contributed by atoms with Crippen molar-refractivity contribution in [3.8, 4) is 10.8 Å². The molecule has 3 aromatic rings. The molecule has 1 N–H and O–H groups in total. The van der Waals surface area contributed by atoms with Crippen molar-refractivity contribution in [2.24, 2.45) is 0 Å². The first kappa shape index (κ1) is 12.8. The van der Waals surface area contributed by atoms with Crippen LogP contribution in [0.25, 0.3) is 20.2 Å². The van der Waals surface area contributed by atoms with Gasteiger partial charge in [0.25, 0.3) is 5.89 Å². The molecule has 0 radical (unpaired) electrons. The normalized spacial score (nSPS) is 13.2. The standard InChI is InChI=1S/C13H15N3OS2/c1-3-8(14-4-2)12-15-16-13(17-12)11-7-10-9(19-11)5-6-18-10/h5-8,14H,3-4H2,1-2H3. The van der Waals surface area contributed by atoms with Crippen LogP contribution in [0.5, 0.6) is 0 Å². The van der Waals surface area contributed by atoms with Gasteiger partial charge in [-0.1, -0.05) is 13.8 Å². The zero-order valence-electron chi connectivity index (χ0n) is 10.8. The molecular weight excluding hydrogens is 278 g/mol. The highest BCUT2D eigenvalue weighted by Crippen LogP contribution is 2.36. The van der Waals surface area contributed by atoms with E-state index in [0.29, 0.717) is 11.8 Å². The topological polar surface area (TPSA) is 51.0 Å². The molecule has 1 unspecified atom stereocenters. The first-order chi connectivity index (χ1) is 9.31. The Labute approximate surface area is 119 Å². The molecule has 3 heterocycles. The highest BCUT2D eigenvalue weighted by molar-refractivity contribution is 7.28.